The van der Waals surface area contributed by atoms with E-state index in [0.717, 1.165) is 36.1 Å². The molecule has 0 aliphatic carbocycles. The van der Waals surface area contributed by atoms with Crippen LogP contribution < -0.4 is 10.6 Å². The normalized spacial score (nSPS) is 14.7. The molecule has 0 bridgehead atoms. The number of nitrogens with zero attached hydrogens (tertiary/aromatic N) is 1. The fourth-order valence-electron chi connectivity index (χ4n) is 3.93. The average molecular weight is 417 g/mol. The van der Waals surface area contributed by atoms with Gasteiger partial charge in [0.2, 0.25) is 5.91 Å². The van der Waals surface area contributed by atoms with Gasteiger partial charge in [0, 0.05) is 47.5 Å². The summed E-state index contributed by atoms with van der Waals surface area (Å²) in [4.78, 5) is 30.4. The van der Waals surface area contributed by atoms with Crippen LogP contribution in [0.15, 0.2) is 60.8 Å². The second-order valence-corrected chi connectivity index (χ2v) is 7.85. The SMILES string of the molecule is O=C(C=Cc1c[nH]c2ccccc12)Nc1cccc(C(=O)NCCN2CCCCC2)c1. The van der Waals surface area contributed by atoms with Crippen LogP contribution in [0.2, 0.25) is 0 Å². The number of piperidine rings is 1. The minimum atomic E-state index is -0.243. The first-order valence-electron chi connectivity index (χ1n) is 10.8. The van der Waals surface area contributed by atoms with E-state index in [2.05, 4.69) is 20.5 Å². The number of likely N-dealkylation sites (tertiary alicyclic amines) is 1. The lowest BCUT2D eigenvalue weighted by Gasteiger charge is -2.26. The Labute approximate surface area is 182 Å². The van der Waals surface area contributed by atoms with Gasteiger partial charge < -0.3 is 20.5 Å². The van der Waals surface area contributed by atoms with Gasteiger partial charge in [-0.1, -0.05) is 30.7 Å². The van der Waals surface area contributed by atoms with E-state index in [9.17, 15) is 9.59 Å². The van der Waals surface area contributed by atoms with Gasteiger partial charge in [0.1, 0.15) is 0 Å². The van der Waals surface area contributed by atoms with Crippen LogP contribution in [-0.4, -0.2) is 47.9 Å². The highest BCUT2D eigenvalue weighted by molar-refractivity contribution is 6.04. The first-order valence-corrected chi connectivity index (χ1v) is 10.8. The van der Waals surface area contributed by atoms with Crippen molar-refractivity contribution >= 4 is 34.5 Å². The van der Waals surface area contributed by atoms with Gasteiger partial charge in [-0.3, -0.25) is 9.59 Å². The first kappa shape index (κ1) is 20.9. The first-order chi connectivity index (χ1) is 15.2. The average Bonchev–Trinajstić information content (AvgIpc) is 3.22. The molecule has 6 heteroatoms. The van der Waals surface area contributed by atoms with Crippen LogP contribution in [0.5, 0.6) is 0 Å². The van der Waals surface area contributed by atoms with E-state index in [1.165, 1.54) is 25.3 Å². The topological polar surface area (TPSA) is 77.2 Å². The van der Waals surface area contributed by atoms with Crippen molar-refractivity contribution in [1.29, 1.82) is 0 Å². The van der Waals surface area contributed by atoms with E-state index < -0.39 is 0 Å². The van der Waals surface area contributed by atoms with Gasteiger partial charge in [-0.05, 0) is 61.8 Å². The molecule has 0 radical (unpaired) electrons. The monoisotopic (exact) mass is 416 g/mol. The van der Waals surface area contributed by atoms with Gasteiger partial charge in [-0.15, -0.1) is 0 Å². The van der Waals surface area contributed by atoms with Gasteiger partial charge in [0.25, 0.3) is 5.91 Å². The molecule has 3 N–H and O–H groups in total. The van der Waals surface area contributed by atoms with Crippen molar-refractivity contribution < 1.29 is 9.59 Å². The number of para-hydroxylation sites is 1. The number of carbonyl (C=O) groups excluding carboxylic acids is 2. The number of fused-ring (bicyclic) bond motifs is 1. The van der Waals surface area contributed by atoms with Crippen LogP contribution in [0.3, 0.4) is 0 Å². The molecule has 1 saturated heterocycles. The molecule has 3 aromatic rings. The summed E-state index contributed by atoms with van der Waals surface area (Å²) in [7, 11) is 0. The quantitative estimate of drug-likeness (QED) is 0.509. The maximum Gasteiger partial charge on any atom is 0.251 e. The standard InChI is InChI=1S/C25H28N4O2/c30-24(12-11-20-18-27-23-10-3-2-9-22(20)23)28-21-8-6-7-19(17-21)25(31)26-13-16-29-14-4-1-5-15-29/h2-3,6-12,17-18,27H,1,4-5,13-16H2,(H,26,31)(H,28,30). The van der Waals surface area contributed by atoms with Gasteiger partial charge in [0.15, 0.2) is 0 Å². The van der Waals surface area contributed by atoms with Crippen molar-refractivity contribution in [3.8, 4) is 0 Å². The molecule has 0 saturated carbocycles. The zero-order valence-electron chi connectivity index (χ0n) is 17.6. The van der Waals surface area contributed by atoms with Gasteiger partial charge in [-0.2, -0.15) is 0 Å². The number of hydrogen-bond acceptors (Lipinski definition) is 3. The zero-order valence-corrected chi connectivity index (χ0v) is 17.6. The molecular formula is C25H28N4O2. The number of aromatic amines is 1. The van der Waals surface area contributed by atoms with Crippen molar-refractivity contribution in [3.63, 3.8) is 0 Å². The largest absolute Gasteiger partial charge is 0.361 e. The Morgan fingerprint density at radius 1 is 1.03 bits per heavy atom. The van der Waals surface area contributed by atoms with E-state index >= 15 is 0 Å². The summed E-state index contributed by atoms with van der Waals surface area (Å²) in [6, 6.07) is 15.0. The third kappa shape index (κ3) is 5.61. The number of benzene rings is 2. The maximum absolute atomic E-state index is 12.5. The third-order valence-electron chi connectivity index (χ3n) is 5.59. The van der Waals surface area contributed by atoms with Crippen molar-refractivity contribution in [1.82, 2.24) is 15.2 Å². The summed E-state index contributed by atoms with van der Waals surface area (Å²) in [5, 5.41) is 6.87. The Morgan fingerprint density at radius 2 is 1.87 bits per heavy atom. The van der Waals surface area contributed by atoms with Crippen LogP contribution in [0.25, 0.3) is 17.0 Å². The van der Waals surface area contributed by atoms with E-state index in [4.69, 9.17) is 0 Å². The molecule has 31 heavy (non-hydrogen) atoms. The Hall–Kier alpha value is -3.38. The summed E-state index contributed by atoms with van der Waals surface area (Å²) < 4.78 is 0. The molecule has 0 spiro atoms. The summed E-state index contributed by atoms with van der Waals surface area (Å²) in [5.74, 6) is -0.365. The Bertz CT molecular complexity index is 1080. The fraction of sp³-hybridized carbons (Fsp3) is 0.280. The summed E-state index contributed by atoms with van der Waals surface area (Å²) in [6.07, 6.45) is 8.95. The number of H-pyrrole nitrogens is 1. The second kappa shape index (κ2) is 10.1. The zero-order chi connectivity index (χ0) is 21.5. The second-order valence-electron chi connectivity index (χ2n) is 7.85. The van der Waals surface area contributed by atoms with Crippen molar-refractivity contribution in [2.75, 3.05) is 31.5 Å². The van der Waals surface area contributed by atoms with Gasteiger partial charge >= 0.3 is 0 Å². The Morgan fingerprint density at radius 3 is 2.74 bits per heavy atom. The lowest BCUT2D eigenvalue weighted by atomic mass is 10.1. The number of aromatic nitrogens is 1. The number of carbonyl (C=O) groups is 2. The summed E-state index contributed by atoms with van der Waals surface area (Å²) >= 11 is 0. The predicted octanol–water partition coefficient (Wildman–Crippen LogP) is 4.04. The lowest BCUT2D eigenvalue weighted by molar-refractivity contribution is -0.111. The Kier molecular flexibility index (Phi) is 6.79. The Balaban J connectivity index is 1.31. The molecule has 1 aromatic heterocycles. The highest BCUT2D eigenvalue weighted by atomic mass is 16.2. The summed E-state index contributed by atoms with van der Waals surface area (Å²) in [6.45, 7) is 3.73. The van der Waals surface area contributed by atoms with Crippen LogP contribution >= 0.6 is 0 Å². The lowest BCUT2D eigenvalue weighted by Crippen LogP contribution is -2.37. The van der Waals surface area contributed by atoms with E-state index in [0.29, 0.717) is 17.8 Å². The molecule has 1 aliphatic rings. The van der Waals surface area contributed by atoms with Crippen LogP contribution in [0.1, 0.15) is 35.2 Å². The molecular weight excluding hydrogens is 388 g/mol. The fourth-order valence-corrected chi connectivity index (χ4v) is 3.93. The number of hydrogen-bond donors (Lipinski definition) is 3. The van der Waals surface area contributed by atoms with Crippen LogP contribution in [0.4, 0.5) is 5.69 Å². The number of nitrogens with one attached hydrogen (secondary N) is 3. The number of anilines is 1. The number of rotatable bonds is 7. The molecule has 4 rings (SSSR count). The minimum Gasteiger partial charge on any atom is -0.361 e. The molecule has 160 valence electrons. The van der Waals surface area contributed by atoms with E-state index in [1.54, 1.807) is 30.3 Å². The van der Waals surface area contributed by atoms with E-state index in [1.807, 2.05) is 30.5 Å². The molecule has 1 fully saturated rings. The smallest absolute Gasteiger partial charge is 0.251 e. The van der Waals surface area contributed by atoms with Gasteiger partial charge in [0.05, 0.1) is 0 Å². The molecule has 2 heterocycles. The predicted molar refractivity (Wildman–Crippen MR) is 125 cm³/mol. The highest BCUT2D eigenvalue weighted by Crippen LogP contribution is 2.19. The third-order valence-corrected chi connectivity index (χ3v) is 5.59. The summed E-state index contributed by atoms with van der Waals surface area (Å²) in [5.41, 5.74) is 3.11. The maximum atomic E-state index is 12.5. The van der Waals surface area contributed by atoms with Crippen molar-refractivity contribution in [2.45, 2.75) is 19.3 Å². The molecule has 2 aromatic carbocycles. The molecule has 0 atom stereocenters. The highest BCUT2D eigenvalue weighted by Gasteiger charge is 2.11. The molecule has 6 nitrogen and oxygen atoms in total. The molecule has 1 aliphatic heterocycles. The number of amides is 2. The molecule has 0 unspecified atom stereocenters. The van der Waals surface area contributed by atoms with Crippen molar-refractivity contribution in [3.05, 3.63) is 71.9 Å². The van der Waals surface area contributed by atoms with Gasteiger partial charge in [-0.25, -0.2) is 0 Å². The minimum absolute atomic E-state index is 0.123. The van der Waals surface area contributed by atoms with Crippen LogP contribution in [0, 0.1) is 0 Å². The van der Waals surface area contributed by atoms with Crippen LogP contribution in [-0.2, 0) is 4.79 Å². The molecule has 2 amide bonds. The van der Waals surface area contributed by atoms with E-state index in [-0.39, 0.29) is 11.8 Å². The van der Waals surface area contributed by atoms with Crippen molar-refractivity contribution in [2.24, 2.45) is 0 Å².